The number of amides is 1. The van der Waals surface area contributed by atoms with Gasteiger partial charge in [-0.25, -0.2) is 0 Å². The number of furan rings is 1. The van der Waals surface area contributed by atoms with Gasteiger partial charge in [0.15, 0.2) is 11.5 Å². The molecule has 3 rings (SSSR count). The standard InChI is InChI=1S/C19H17N3O3/c1-14(23)18-9-8-17(25-18)13-22-12-16(11-20-22)21-19(24)10-7-15-5-3-2-4-6-15/h2-12H,13H2,1H3,(H,21,24). The van der Waals surface area contributed by atoms with Gasteiger partial charge in [0, 0.05) is 19.2 Å². The first kappa shape index (κ1) is 16.4. The molecule has 0 saturated heterocycles. The van der Waals surface area contributed by atoms with Crippen molar-refractivity contribution >= 4 is 23.5 Å². The Bertz CT molecular complexity index is 907. The van der Waals surface area contributed by atoms with Gasteiger partial charge in [-0.15, -0.1) is 0 Å². The molecule has 0 spiro atoms. The first-order valence-corrected chi connectivity index (χ1v) is 7.76. The van der Waals surface area contributed by atoms with Crippen LogP contribution in [0.2, 0.25) is 0 Å². The van der Waals surface area contributed by atoms with Gasteiger partial charge in [0.25, 0.3) is 0 Å². The van der Waals surface area contributed by atoms with Crippen LogP contribution in [0.3, 0.4) is 0 Å². The molecule has 0 unspecified atom stereocenters. The van der Waals surface area contributed by atoms with Crippen LogP contribution >= 0.6 is 0 Å². The Morgan fingerprint density at radius 2 is 2.00 bits per heavy atom. The number of benzene rings is 1. The largest absolute Gasteiger partial charge is 0.456 e. The summed E-state index contributed by atoms with van der Waals surface area (Å²) in [5, 5.41) is 6.92. The van der Waals surface area contributed by atoms with Crippen LogP contribution in [0.4, 0.5) is 5.69 Å². The second kappa shape index (κ2) is 7.44. The van der Waals surface area contributed by atoms with Crippen LogP contribution in [0, 0.1) is 0 Å². The summed E-state index contributed by atoms with van der Waals surface area (Å²) >= 11 is 0. The SMILES string of the molecule is CC(=O)c1ccc(Cn2cc(NC(=O)C=Cc3ccccc3)cn2)o1. The van der Waals surface area contributed by atoms with Gasteiger partial charge >= 0.3 is 0 Å². The molecule has 25 heavy (non-hydrogen) atoms. The molecule has 126 valence electrons. The fourth-order valence-corrected chi connectivity index (χ4v) is 2.25. The monoisotopic (exact) mass is 335 g/mol. The molecular weight excluding hydrogens is 318 g/mol. The highest BCUT2D eigenvalue weighted by Crippen LogP contribution is 2.12. The molecule has 1 N–H and O–H groups in total. The molecule has 0 radical (unpaired) electrons. The summed E-state index contributed by atoms with van der Waals surface area (Å²) in [5.74, 6) is 0.585. The van der Waals surface area contributed by atoms with Crippen molar-refractivity contribution in [2.75, 3.05) is 5.32 Å². The molecule has 0 aliphatic heterocycles. The molecule has 0 saturated carbocycles. The highest BCUT2D eigenvalue weighted by Gasteiger charge is 2.08. The van der Waals surface area contributed by atoms with Crippen molar-refractivity contribution in [1.82, 2.24) is 9.78 Å². The lowest BCUT2D eigenvalue weighted by Gasteiger charge is -1.98. The number of Topliss-reactive ketones (excluding diaryl/α,β-unsaturated/α-hetero) is 1. The molecule has 0 fully saturated rings. The number of hydrogen-bond acceptors (Lipinski definition) is 4. The highest BCUT2D eigenvalue weighted by molar-refractivity contribution is 6.01. The number of ketones is 1. The molecule has 0 atom stereocenters. The molecule has 6 nitrogen and oxygen atoms in total. The van der Waals surface area contributed by atoms with E-state index in [0.29, 0.717) is 23.8 Å². The summed E-state index contributed by atoms with van der Waals surface area (Å²) in [5.41, 5.74) is 1.54. The summed E-state index contributed by atoms with van der Waals surface area (Å²) < 4.78 is 7.04. The third kappa shape index (κ3) is 4.54. The minimum absolute atomic E-state index is 0.120. The Morgan fingerprint density at radius 3 is 2.72 bits per heavy atom. The van der Waals surface area contributed by atoms with Crippen LogP contribution in [-0.2, 0) is 11.3 Å². The van der Waals surface area contributed by atoms with Crippen molar-refractivity contribution in [3.8, 4) is 0 Å². The van der Waals surface area contributed by atoms with Crippen molar-refractivity contribution in [2.45, 2.75) is 13.5 Å². The van der Waals surface area contributed by atoms with Crippen LogP contribution < -0.4 is 5.32 Å². The molecule has 6 heteroatoms. The third-order valence-electron chi connectivity index (χ3n) is 3.45. The molecule has 3 aromatic rings. The van der Waals surface area contributed by atoms with Gasteiger partial charge in [-0.05, 0) is 23.8 Å². The second-order valence-electron chi connectivity index (χ2n) is 5.48. The number of hydrogen-bond donors (Lipinski definition) is 1. The Hall–Kier alpha value is -3.41. The van der Waals surface area contributed by atoms with E-state index in [9.17, 15) is 9.59 Å². The summed E-state index contributed by atoms with van der Waals surface area (Å²) in [6.07, 6.45) is 6.47. The first-order chi connectivity index (χ1) is 12.1. The molecule has 0 aliphatic rings. The zero-order valence-corrected chi connectivity index (χ0v) is 13.7. The van der Waals surface area contributed by atoms with Gasteiger partial charge in [-0.1, -0.05) is 30.3 Å². The summed E-state index contributed by atoms with van der Waals surface area (Å²) in [4.78, 5) is 23.2. The number of aromatic nitrogens is 2. The Balaban J connectivity index is 1.58. The van der Waals surface area contributed by atoms with E-state index in [4.69, 9.17) is 4.42 Å². The van der Waals surface area contributed by atoms with Gasteiger partial charge in [-0.2, -0.15) is 5.10 Å². The van der Waals surface area contributed by atoms with E-state index in [-0.39, 0.29) is 11.7 Å². The molecule has 2 heterocycles. The first-order valence-electron chi connectivity index (χ1n) is 7.76. The molecule has 2 aromatic heterocycles. The Kier molecular flexibility index (Phi) is 4.89. The van der Waals surface area contributed by atoms with E-state index in [1.807, 2.05) is 30.3 Å². The van der Waals surface area contributed by atoms with Gasteiger partial charge in [0.2, 0.25) is 5.91 Å². The Morgan fingerprint density at radius 1 is 1.20 bits per heavy atom. The lowest BCUT2D eigenvalue weighted by Crippen LogP contribution is -2.07. The lowest BCUT2D eigenvalue weighted by molar-refractivity contribution is -0.111. The normalized spacial score (nSPS) is 10.9. The van der Waals surface area contributed by atoms with Crippen molar-refractivity contribution < 1.29 is 14.0 Å². The number of anilines is 1. The van der Waals surface area contributed by atoms with E-state index >= 15 is 0 Å². The minimum Gasteiger partial charge on any atom is -0.456 e. The smallest absolute Gasteiger partial charge is 0.248 e. The maximum atomic E-state index is 11.9. The topological polar surface area (TPSA) is 77.1 Å². The minimum atomic E-state index is -0.236. The molecule has 0 bridgehead atoms. The number of nitrogens with one attached hydrogen (secondary N) is 1. The lowest BCUT2D eigenvalue weighted by atomic mass is 10.2. The van der Waals surface area contributed by atoms with Crippen molar-refractivity contribution in [1.29, 1.82) is 0 Å². The van der Waals surface area contributed by atoms with E-state index in [1.165, 1.54) is 13.0 Å². The van der Waals surface area contributed by atoms with Crippen LogP contribution in [0.25, 0.3) is 6.08 Å². The number of carbonyl (C=O) groups excluding carboxylic acids is 2. The second-order valence-corrected chi connectivity index (χ2v) is 5.48. The van der Waals surface area contributed by atoms with Crippen molar-refractivity contribution in [3.63, 3.8) is 0 Å². The fraction of sp³-hybridized carbons (Fsp3) is 0.105. The van der Waals surface area contributed by atoms with Crippen LogP contribution in [0.5, 0.6) is 0 Å². The fourth-order valence-electron chi connectivity index (χ4n) is 2.25. The maximum Gasteiger partial charge on any atom is 0.248 e. The average Bonchev–Trinajstić information content (AvgIpc) is 3.24. The van der Waals surface area contributed by atoms with Crippen molar-refractivity contribution in [3.05, 3.63) is 78.0 Å². The van der Waals surface area contributed by atoms with Crippen LogP contribution in [0.15, 0.2) is 65.4 Å². The quantitative estimate of drug-likeness (QED) is 0.553. The molecule has 1 amide bonds. The van der Waals surface area contributed by atoms with E-state index in [2.05, 4.69) is 10.4 Å². The van der Waals surface area contributed by atoms with Crippen LogP contribution in [-0.4, -0.2) is 21.5 Å². The van der Waals surface area contributed by atoms with E-state index < -0.39 is 0 Å². The molecule has 0 aliphatic carbocycles. The van der Waals surface area contributed by atoms with Gasteiger partial charge in [0.05, 0.1) is 18.4 Å². The number of rotatable bonds is 6. The number of carbonyl (C=O) groups is 2. The molecular formula is C19H17N3O3. The maximum absolute atomic E-state index is 11.9. The van der Waals surface area contributed by atoms with E-state index in [1.54, 1.807) is 35.3 Å². The molecule has 1 aromatic carbocycles. The van der Waals surface area contributed by atoms with E-state index in [0.717, 1.165) is 5.56 Å². The zero-order chi connectivity index (χ0) is 17.6. The van der Waals surface area contributed by atoms with Gasteiger partial charge in [0.1, 0.15) is 5.76 Å². The van der Waals surface area contributed by atoms with Crippen molar-refractivity contribution in [2.24, 2.45) is 0 Å². The Labute approximate surface area is 144 Å². The summed E-state index contributed by atoms with van der Waals surface area (Å²) in [6.45, 7) is 1.83. The zero-order valence-electron chi connectivity index (χ0n) is 13.7. The third-order valence-corrected chi connectivity index (χ3v) is 3.45. The van der Waals surface area contributed by atoms with Gasteiger partial charge < -0.3 is 9.73 Å². The highest BCUT2D eigenvalue weighted by atomic mass is 16.3. The van der Waals surface area contributed by atoms with Gasteiger partial charge in [-0.3, -0.25) is 14.3 Å². The predicted molar refractivity (Wildman–Crippen MR) is 94.1 cm³/mol. The average molecular weight is 335 g/mol. The van der Waals surface area contributed by atoms with Crippen LogP contribution in [0.1, 0.15) is 28.8 Å². The summed E-state index contributed by atoms with van der Waals surface area (Å²) in [7, 11) is 0. The summed E-state index contributed by atoms with van der Waals surface area (Å²) in [6, 6.07) is 12.9. The number of nitrogens with zero attached hydrogens (tertiary/aromatic N) is 2. The predicted octanol–water partition coefficient (Wildman–Crippen LogP) is 3.38.